The molecule has 1 amide bonds. The molecule has 6 rings (SSSR count). The second-order valence-electron chi connectivity index (χ2n) is 10.2. The first kappa shape index (κ1) is 19.6. The van der Waals surface area contributed by atoms with Crippen LogP contribution >= 0.6 is 0 Å². The van der Waals surface area contributed by atoms with Crippen molar-refractivity contribution in [1.82, 2.24) is 4.31 Å². The van der Waals surface area contributed by atoms with Gasteiger partial charge in [-0.1, -0.05) is 12.1 Å². The van der Waals surface area contributed by atoms with Crippen LogP contribution in [0.25, 0.3) is 0 Å². The molecule has 1 atom stereocenters. The second-order valence-corrected chi connectivity index (χ2v) is 12.2. The third-order valence-electron chi connectivity index (χ3n) is 8.03. The third kappa shape index (κ3) is 3.74. The van der Waals surface area contributed by atoms with Gasteiger partial charge in [0.05, 0.1) is 12.2 Å². The van der Waals surface area contributed by atoms with E-state index in [2.05, 4.69) is 17.4 Å². The fourth-order valence-corrected chi connectivity index (χ4v) is 7.98. The average molecular weight is 417 g/mol. The van der Waals surface area contributed by atoms with Crippen molar-refractivity contribution in [2.24, 2.45) is 23.7 Å². The summed E-state index contributed by atoms with van der Waals surface area (Å²) in [6.45, 7) is 0.804. The topological polar surface area (TPSA) is 66.5 Å². The van der Waals surface area contributed by atoms with Gasteiger partial charge >= 0.3 is 0 Å². The van der Waals surface area contributed by atoms with Crippen molar-refractivity contribution in [1.29, 1.82) is 0 Å². The van der Waals surface area contributed by atoms with Gasteiger partial charge in [0.1, 0.15) is 0 Å². The van der Waals surface area contributed by atoms with Gasteiger partial charge in [0.2, 0.25) is 15.9 Å². The maximum atomic E-state index is 12.7. The summed E-state index contributed by atoms with van der Waals surface area (Å²) in [7, 11) is -3.24. The van der Waals surface area contributed by atoms with Crippen molar-refractivity contribution in [2.75, 3.05) is 24.7 Å². The lowest BCUT2D eigenvalue weighted by Crippen LogP contribution is -2.48. The molecule has 1 saturated heterocycles. The first-order valence-corrected chi connectivity index (χ1v) is 13.0. The average Bonchev–Trinajstić information content (AvgIpc) is 2.67. The Morgan fingerprint density at radius 2 is 1.62 bits per heavy atom. The van der Waals surface area contributed by atoms with E-state index in [0.717, 1.165) is 36.3 Å². The maximum Gasteiger partial charge on any atom is 0.228 e. The van der Waals surface area contributed by atoms with Crippen molar-refractivity contribution in [3.63, 3.8) is 0 Å². The molecule has 0 aromatic heterocycles. The second kappa shape index (κ2) is 7.09. The van der Waals surface area contributed by atoms with Gasteiger partial charge in [-0.2, -0.15) is 0 Å². The summed E-state index contributed by atoms with van der Waals surface area (Å²) in [5.74, 6) is 2.42. The number of rotatable bonds is 4. The van der Waals surface area contributed by atoms with Gasteiger partial charge in [-0.15, -0.1) is 0 Å². The highest BCUT2D eigenvalue weighted by Gasteiger charge is 2.51. The molecule has 1 aromatic carbocycles. The highest BCUT2D eigenvalue weighted by Crippen LogP contribution is 2.60. The molecule has 4 saturated carbocycles. The summed E-state index contributed by atoms with van der Waals surface area (Å²) in [6, 6.07) is 8.55. The Bertz CT molecular complexity index is 858. The molecule has 0 radical (unpaired) electrons. The van der Waals surface area contributed by atoms with Gasteiger partial charge in [-0.25, -0.2) is 12.7 Å². The smallest absolute Gasteiger partial charge is 0.228 e. The van der Waals surface area contributed by atoms with Crippen molar-refractivity contribution in [3.8, 4) is 0 Å². The molecule has 158 valence electrons. The molecule has 1 N–H and O–H groups in total. The van der Waals surface area contributed by atoms with Crippen LogP contribution < -0.4 is 5.32 Å². The van der Waals surface area contributed by atoms with E-state index in [9.17, 15) is 13.2 Å². The molecule has 6 heteroatoms. The summed E-state index contributed by atoms with van der Waals surface area (Å²) in [5, 5.41) is 3.02. The lowest BCUT2D eigenvalue weighted by Gasteiger charge is -2.57. The molecular weight excluding hydrogens is 384 g/mol. The third-order valence-corrected chi connectivity index (χ3v) is 9.30. The normalized spacial score (nSPS) is 36.9. The number of hydrogen-bond donors (Lipinski definition) is 1. The Kier molecular flexibility index (Phi) is 4.78. The number of carbonyl (C=O) groups excluding carboxylic acids is 1. The van der Waals surface area contributed by atoms with Gasteiger partial charge in [-0.05, 0) is 92.2 Å². The molecule has 1 aliphatic heterocycles. The Morgan fingerprint density at radius 1 is 1.03 bits per heavy atom. The number of nitrogens with zero attached hydrogens (tertiary/aromatic N) is 1. The van der Waals surface area contributed by atoms with Crippen LogP contribution in [0.3, 0.4) is 0 Å². The van der Waals surface area contributed by atoms with Crippen LogP contribution in [0, 0.1) is 23.7 Å². The van der Waals surface area contributed by atoms with Crippen LogP contribution in [0.1, 0.15) is 56.9 Å². The van der Waals surface area contributed by atoms with Crippen molar-refractivity contribution in [2.45, 2.75) is 56.8 Å². The molecule has 5 nitrogen and oxygen atoms in total. The largest absolute Gasteiger partial charge is 0.326 e. The van der Waals surface area contributed by atoms with Gasteiger partial charge in [0.15, 0.2) is 0 Å². The van der Waals surface area contributed by atoms with E-state index in [1.54, 1.807) is 0 Å². The van der Waals surface area contributed by atoms with Crippen LogP contribution in [0.2, 0.25) is 0 Å². The minimum Gasteiger partial charge on any atom is -0.326 e. The van der Waals surface area contributed by atoms with Crippen LogP contribution in [-0.2, 0) is 20.2 Å². The Hall–Kier alpha value is -1.40. The lowest BCUT2D eigenvalue weighted by atomic mass is 9.48. The summed E-state index contributed by atoms with van der Waals surface area (Å²) in [6.07, 6.45) is 11.0. The molecule has 1 heterocycles. The van der Waals surface area contributed by atoms with Gasteiger partial charge < -0.3 is 5.32 Å². The fourth-order valence-electron chi connectivity index (χ4n) is 7.07. The zero-order valence-electron chi connectivity index (χ0n) is 17.3. The van der Waals surface area contributed by atoms with Crippen molar-refractivity contribution < 1.29 is 13.2 Å². The van der Waals surface area contributed by atoms with E-state index >= 15 is 0 Å². The number of sulfonamides is 1. The highest BCUT2D eigenvalue weighted by molar-refractivity contribution is 7.88. The fraction of sp³-hybridized carbons (Fsp3) is 0.696. The van der Waals surface area contributed by atoms with Crippen molar-refractivity contribution in [3.05, 3.63) is 29.8 Å². The molecule has 4 aliphatic carbocycles. The first-order chi connectivity index (χ1) is 13.8. The van der Waals surface area contributed by atoms with E-state index in [1.165, 1.54) is 54.6 Å². The lowest BCUT2D eigenvalue weighted by molar-refractivity contribution is -0.120. The minimum absolute atomic E-state index is 0.0686. The van der Waals surface area contributed by atoms with Crippen LogP contribution in [0.4, 0.5) is 5.69 Å². The van der Waals surface area contributed by atoms with E-state index in [0.29, 0.717) is 12.0 Å². The number of amides is 1. The van der Waals surface area contributed by atoms with Gasteiger partial charge in [0.25, 0.3) is 0 Å². The van der Waals surface area contributed by atoms with E-state index < -0.39 is 10.0 Å². The molecule has 5 fully saturated rings. The molecule has 29 heavy (non-hydrogen) atoms. The SMILES string of the molecule is CS(=O)(=O)N1CCC[C@H](C(=O)Nc2ccc(C34CC5CC(CC(C5)C3)C4)cc2)C1. The Morgan fingerprint density at radius 3 is 2.17 bits per heavy atom. The monoisotopic (exact) mass is 416 g/mol. The van der Waals surface area contributed by atoms with E-state index in [-0.39, 0.29) is 18.4 Å². The quantitative estimate of drug-likeness (QED) is 0.813. The number of anilines is 1. The molecule has 1 aromatic rings. The minimum atomic E-state index is -3.24. The zero-order valence-corrected chi connectivity index (χ0v) is 18.1. The summed E-state index contributed by atoms with van der Waals surface area (Å²) < 4.78 is 25.0. The molecule has 0 unspecified atom stereocenters. The predicted molar refractivity (Wildman–Crippen MR) is 114 cm³/mol. The molecule has 5 aliphatic rings. The summed E-state index contributed by atoms with van der Waals surface area (Å²) in [5.41, 5.74) is 2.65. The van der Waals surface area contributed by atoms with Crippen LogP contribution in [0.15, 0.2) is 24.3 Å². The number of benzene rings is 1. The van der Waals surface area contributed by atoms with E-state index in [4.69, 9.17) is 0 Å². The molecular formula is C23H32N2O3S. The van der Waals surface area contributed by atoms with Gasteiger partial charge in [-0.3, -0.25) is 4.79 Å². The molecule has 4 bridgehead atoms. The number of carbonyl (C=O) groups is 1. The van der Waals surface area contributed by atoms with Crippen molar-refractivity contribution >= 4 is 21.6 Å². The van der Waals surface area contributed by atoms with Gasteiger partial charge in [0, 0.05) is 18.8 Å². The first-order valence-electron chi connectivity index (χ1n) is 11.2. The highest BCUT2D eigenvalue weighted by atomic mass is 32.2. The molecule has 0 spiro atoms. The van der Waals surface area contributed by atoms with E-state index in [1.807, 2.05) is 12.1 Å². The number of nitrogens with one attached hydrogen (secondary N) is 1. The summed E-state index contributed by atoms with van der Waals surface area (Å²) in [4.78, 5) is 12.7. The summed E-state index contributed by atoms with van der Waals surface area (Å²) >= 11 is 0. The number of piperidine rings is 1. The van der Waals surface area contributed by atoms with Crippen LogP contribution in [0.5, 0.6) is 0 Å². The Labute approximate surface area is 174 Å². The van der Waals surface area contributed by atoms with Crippen LogP contribution in [-0.4, -0.2) is 38.0 Å². The Balaban J connectivity index is 1.26. The zero-order chi connectivity index (χ0) is 20.2. The standard InChI is InChI=1S/C23H32N2O3S/c1-29(27,28)25-8-2-3-19(15-25)22(26)24-21-6-4-20(5-7-21)23-12-16-9-17(13-23)11-18(10-16)14-23/h4-7,16-19H,2-3,8-15H2,1H3,(H,24,26)/t16?,17?,18?,19-,23?/m0/s1. The number of hydrogen-bond acceptors (Lipinski definition) is 3. The maximum absolute atomic E-state index is 12.7. The predicted octanol–water partition coefficient (Wildman–Crippen LogP) is 3.76.